The number of hydrogen-bond acceptors (Lipinski definition) is 5. The van der Waals surface area contributed by atoms with Gasteiger partial charge in [-0.25, -0.2) is 10.8 Å². The molecule has 2 rings (SSSR count). The van der Waals surface area contributed by atoms with Crippen LogP contribution in [0, 0.1) is 6.92 Å². The van der Waals surface area contributed by atoms with Crippen molar-refractivity contribution in [3.05, 3.63) is 28.4 Å². The summed E-state index contributed by atoms with van der Waals surface area (Å²) in [5, 5.41) is 1.75. The molecule has 0 aliphatic rings. The molecule has 0 radical (unpaired) electrons. The fraction of sp³-hybridized carbons (Fsp3) is 0.182. The summed E-state index contributed by atoms with van der Waals surface area (Å²) in [5.41, 5.74) is 4.48. The SMILES string of the molecule is COc1ccc(Br)cc1-c1nc(C)c(NN)s1. The van der Waals surface area contributed by atoms with E-state index in [1.807, 2.05) is 25.1 Å². The average molecular weight is 314 g/mol. The van der Waals surface area contributed by atoms with Crippen molar-refractivity contribution in [2.45, 2.75) is 6.92 Å². The van der Waals surface area contributed by atoms with Crippen LogP contribution >= 0.6 is 27.3 Å². The topological polar surface area (TPSA) is 60.2 Å². The summed E-state index contributed by atoms with van der Waals surface area (Å²) in [4.78, 5) is 4.48. The maximum atomic E-state index is 5.42. The van der Waals surface area contributed by atoms with Gasteiger partial charge in [0, 0.05) is 4.47 Å². The molecule has 0 atom stereocenters. The van der Waals surface area contributed by atoms with Gasteiger partial charge >= 0.3 is 0 Å². The van der Waals surface area contributed by atoms with Crippen LogP contribution in [-0.4, -0.2) is 12.1 Å². The van der Waals surface area contributed by atoms with E-state index in [2.05, 4.69) is 26.3 Å². The molecule has 1 aromatic carbocycles. The van der Waals surface area contributed by atoms with E-state index in [0.29, 0.717) is 0 Å². The highest BCUT2D eigenvalue weighted by Gasteiger charge is 2.13. The second kappa shape index (κ2) is 5.03. The second-order valence-corrected chi connectivity index (χ2v) is 5.34. The minimum Gasteiger partial charge on any atom is -0.496 e. The molecule has 0 aliphatic carbocycles. The Labute approximate surface area is 112 Å². The first-order chi connectivity index (χ1) is 8.15. The third-order valence-electron chi connectivity index (χ3n) is 2.32. The van der Waals surface area contributed by atoms with Gasteiger partial charge in [-0.05, 0) is 25.1 Å². The lowest BCUT2D eigenvalue weighted by Crippen LogP contribution is -2.05. The van der Waals surface area contributed by atoms with Crippen LogP contribution in [-0.2, 0) is 0 Å². The molecule has 0 amide bonds. The molecule has 3 N–H and O–H groups in total. The highest BCUT2D eigenvalue weighted by Crippen LogP contribution is 2.37. The first-order valence-electron chi connectivity index (χ1n) is 4.93. The van der Waals surface area contributed by atoms with Crippen molar-refractivity contribution in [2.75, 3.05) is 12.5 Å². The van der Waals surface area contributed by atoms with E-state index in [0.717, 1.165) is 31.5 Å². The standard InChI is InChI=1S/C11H12BrN3OS/c1-6-10(15-13)17-11(14-6)8-5-7(12)3-4-9(8)16-2/h3-5,15H,13H2,1-2H3. The van der Waals surface area contributed by atoms with Crippen LogP contribution in [0.5, 0.6) is 5.75 Å². The van der Waals surface area contributed by atoms with Crippen LogP contribution in [0.25, 0.3) is 10.6 Å². The lowest BCUT2D eigenvalue weighted by atomic mass is 10.2. The highest BCUT2D eigenvalue weighted by atomic mass is 79.9. The van der Waals surface area contributed by atoms with Gasteiger partial charge < -0.3 is 10.2 Å². The summed E-state index contributed by atoms with van der Waals surface area (Å²) in [6.45, 7) is 1.92. The van der Waals surface area contributed by atoms with Crippen LogP contribution in [0.4, 0.5) is 5.00 Å². The number of anilines is 1. The van der Waals surface area contributed by atoms with Crippen LogP contribution in [0.15, 0.2) is 22.7 Å². The number of nitrogens with zero attached hydrogens (tertiary/aromatic N) is 1. The van der Waals surface area contributed by atoms with E-state index >= 15 is 0 Å². The van der Waals surface area contributed by atoms with E-state index in [4.69, 9.17) is 10.6 Å². The van der Waals surface area contributed by atoms with Crippen molar-refractivity contribution < 1.29 is 4.74 Å². The van der Waals surface area contributed by atoms with E-state index in [9.17, 15) is 0 Å². The Hall–Kier alpha value is -1.11. The van der Waals surface area contributed by atoms with Gasteiger partial charge in [0.25, 0.3) is 0 Å². The quantitative estimate of drug-likeness (QED) is 0.675. The monoisotopic (exact) mass is 313 g/mol. The molecule has 0 saturated carbocycles. The number of aromatic nitrogens is 1. The summed E-state index contributed by atoms with van der Waals surface area (Å²) >= 11 is 4.95. The first-order valence-corrected chi connectivity index (χ1v) is 6.54. The zero-order valence-electron chi connectivity index (χ0n) is 9.45. The Morgan fingerprint density at radius 2 is 2.24 bits per heavy atom. The molecule has 17 heavy (non-hydrogen) atoms. The average Bonchev–Trinajstić information content (AvgIpc) is 2.70. The normalized spacial score (nSPS) is 10.4. The van der Waals surface area contributed by atoms with Crippen molar-refractivity contribution >= 4 is 32.3 Å². The van der Waals surface area contributed by atoms with E-state index < -0.39 is 0 Å². The number of nitrogen functional groups attached to an aromatic ring is 1. The van der Waals surface area contributed by atoms with E-state index in [1.165, 1.54) is 11.3 Å². The number of hydrazine groups is 1. The lowest BCUT2D eigenvalue weighted by Gasteiger charge is -2.05. The fourth-order valence-electron chi connectivity index (χ4n) is 1.49. The molecule has 0 bridgehead atoms. The molecule has 0 aliphatic heterocycles. The second-order valence-electron chi connectivity index (χ2n) is 3.42. The van der Waals surface area contributed by atoms with Gasteiger partial charge in [0.05, 0.1) is 18.4 Å². The number of halogens is 1. The Morgan fingerprint density at radius 1 is 1.47 bits per heavy atom. The predicted octanol–water partition coefficient (Wildman–Crippen LogP) is 3.18. The number of nitrogens with two attached hydrogens (primary N) is 1. The number of hydrogen-bond donors (Lipinski definition) is 2. The van der Waals surface area contributed by atoms with Crippen LogP contribution in [0.2, 0.25) is 0 Å². The van der Waals surface area contributed by atoms with Crippen molar-refractivity contribution in [1.82, 2.24) is 4.98 Å². The smallest absolute Gasteiger partial charge is 0.129 e. The Kier molecular flexibility index (Phi) is 3.66. The number of thiazole rings is 1. The first kappa shape index (κ1) is 12.3. The van der Waals surface area contributed by atoms with Gasteiger partial charge in [-0.15, -0.1) is 0 Å². The molecular formula is C11H12BrN3OS. The van der Waals surface area contributed by atoms with Gasteiger partial charge in [0.1, 0.15) is 15.8 Å². The lowest BCUT2D eigenvalue weighted by molar-refractivity contribution is 0.416. The van der Waals surface area contributed by atoms with Crippen molar-refractivity contribution in [1.29, 1.82) is 0 Å². The molecule has 1 heterocycles. The molecular weight excluding hydrogens is 302 g/mol. The highest BCUT2D eigenvalue weighted by molar-refractivity contribution is 9.10. The molecule has 0 saturated heterocycles. The molecule has 1 aromatic heterocycles. The van der Waals surface area contributed by atoms with Crippen molar-refractivity contribution in [2.24, 2.45) is 5.84 Å². The minimum atomic E-state index is 0.797. The van der Waals surface area contributed by atoms with Gasteiger partial charge in [-0.1, -0.05) is 27.3 Å². The van der Waals surface area contributed by atoms with E-state index in [1.54, 1.807) is 7.11 Å². The van der Waals surface area contributed by atoms with Crippen LogP contribution < -0.4 is 16.0 Å². The molecule has 0 unspecified atom stereocenters. The number of methoxy groups -OCH3 is 1. The van der Waals surface area contributed by atoms with Crippen LogP contribution in [0.3, 0.4) is 0 Å². The molecule has 2 aromatic rings. The van der Waals surface area contributed by atoms with Crippen molar-refractivity contribution in [3.8, 4) is 16.3 Å². The summed E-state index contributed by atoms with van der Waals surface area (Å²) in [7, 11) is 1.65. The Morgan fingerprint density at radius 3 is 2.82 bits per heavy atom. The molecule has 90 valence electrons. The predicted molar refractivity (Wildman–Crippen MR) is 74.3 cm³/mol. The zero-order valence-corrected chi connectivity index (χ0v) is 11.9. The molecule has 0 spiro atoms. The number of aryl methyl sites for hydroxylation is 1. The molecule has 4 nitrogen and oxygen atoms in total. The maximum absolute atomic E-state index is 5.42. The van der Waals surface area contributed by atoms with Gasteiger partial charge in [0.2, 0.25) is 0 Å². The summed E-state index contributed by atoms with van der Waals surface area (Å²) < 4.78 is 6.32. The summed E-state index contributed by atoms with van der Waals surface area (Å²) in [6.07, 6.45) is 0. The molecule has 6 heteroatoms. The van der Waals surface area contributed by atoms with Gasteiger partial charge in [-0.3, -0.25) is 0 Å². The Balaban J connectivity index is 2.54. The number of nitrogens with one attached hydrogen (secondary N) is 1. The number of ether oxygens (including phenoxy) is 1. The summed E-state index contributed by atoms with van der Waals surface area (Å²) in [6, 6.07) is 5.83. The van der Waals surface area contributed by atoms with Gasteiger partial charge in [0.15, 0.2) is 0 Å². The third-order valence-corrected chi connectivity index (χ3v) is 3.93. The van der Waals surface area contributed by atoms with E-state index in [-0.39, 0.29) is 0 Å². The molecule has 0 fully saturated rings. The number of benzene rings is 1. The van der Waals surface area contributed by atoms with Gasteiger partial charge in [-0.2, -0.15) is 0 Å². The maximum Gasteiger partial charge on any atom is 0.129 e. The fourth-order valence-corrected chi connectivity index (χ4v) is 2.75. The number of rotatable bonds is 3. The van der Waals surface area contributed by atoms with Crippen LogP contribution in [0.1, 0.15) is 5.69 Å². The van der Waals surface area contributed by atoms with Crippen molar-refractivity contribution in [3.63, 3.8) is 0 Å². The minimum absolute atomic E-state index is 0.797. The zero-order chi connectivity index (χ0) is 12.4. The Bertz CT molecular complexity index is 542. The third kappa shape index (κ3) is 2.43. The summed E-state index contributed by atoms with van der Waals surface area (Å²) in [5.74, 6) is 6.22. The largest absolute Gasteiger partial charge is 0.496 e.